The van der Waals surface area contributed by atoms with E-state index in [1.165, 1.54) is 6.07 Å². The molecule has 0 atom stereocenters. The van der Waals surface area contributed by atoms with E-state index in [-0.39, 0.29) is 17.3 Å². The molecule has 0 aliphatic rings. The Bertz CT molecular complexity index is 1060. The Morgan fingerprint density at radius 1 is 1.07 bits per heavy atom. The van der Waals surface area contributed by atoms with E-state index >= 15 is 0 Å². The first kappa shape index (κ1) is 17.9. The number of aryl methyl sites for hydroxylation is 1. The number of nitrogens with one attached hydrogen (secondary N) is 2. The van der Waals surface area contributed by atoms with E-state index in [0.29, 0.717) is 23.0 Å². The first-order chi connectivity index (χ1) is 13.0. The van der Waals surface area contributed by atoms with Crippen LogP contribution in [0.25, 0.3) is 0 Å². The molecule has 3 rings (SSSR count). The Kier molecular flexibility index (Phi) is 5.04. The molecule has 1 heterocycles. The number of hydrogen-bond acceptors (Lipinski definition) is 5. The number of amides is 1. The Labute approximate surface area is 153 Å². The number of nitrogens with zero attached hydrogens (tertiary/aromatic N) is 3. The van der Waals surface area contributed by atoms with Gasteiger partial charge in [-0.15, -0.1) is 0 Å². The zero-order chi connectivity index (χ0) is 19.4. The molecule has 1 aromatic heterocycles. The fourth-order valence-electron chi connectivity index (χ4n) is 2.33. The molecular weight excluding hydrogens is 352 g/mol. The van der Waals surface area contributed by atoms with Crippen LogP contribution in [0.2, 0.25) is 0 Å². The zero-order valence-corrected chi connectivity index (χ0v) is 14.1. The largest absolute Gasteiger partial charge is 0.323 e. The number of anilines is 3. The average molecular weight is 365 g/mol. The van der Waals surface area contributed by atoms with Crippen LogP contribution in [0.5, 0.6) is 0 Å². The molecule has 0 unspecified atom stereocenters. The number of carbonyl (C=O) groups excluding carboxylic acids is 1. The van der Waals surface area contributed by atoms with Crippen LogP contribution in [0.4, 0.5) is 26.1 Å². The number of halogens is 2. The van der Waals surface area contributed by atoms with Crippen molar-refractivity contribution in [2.24, 2.45) is 0 Å². The van der Waals surface area contributed by atoms with Crippen molar-refractivity contribution in [2.45, 2.75) is 6.92 Å². The first-order valence-electron chi connectivity index (χ1n) is 7.84. The lowest BCUT2D eigenvalue weighted by Gasteiger charge is -2.10. The van der Waals surface area contributed by atoms with Crippen molar-refractivity contribution in [3.05, 3.63) is 77.1 Å². The maximum Gasteiger partial charge on any atom is 0.274 e. The summed E-state index contributed by atoms with van der Waals surface area (Å²) in [7, 11) is 0. The van der Waals surface area contributed by atoms with Crippen LogP contribution in [0.15, 0.2) is 48.5 Å². The second-order valence-electron chi connectivity index (χ2n) is 5.58. The van der Waals surface area contributed by atoms with Gasteiger partial charge in [0.1, 0.15) is 23.4 Å². The lowest BCUT2D eigenvalue weighted by molar-refractivity contribution is 0.102. The van der Waals surface area contributed by atoms with Crippen LogP contribution in [0, 0.1) is 29.9 Å². The highest BCUT2D eigenvalue weighted by molar-refractivity contribution is 6.03. The summed E-state index contributed by atoms with van der Waals surface area (Å²) in [5.74, 6) is -2.20. The molecule has 0 aliphatic heterocycles. The minimum absolute atomic E-state index is 0.0110. The van der Waals surface area contributed by atoms with E-state index in [2.05, 4.69) is 20.6 Å². The fourth-order valence-corrected chi connectivity index (χ4v) is 2.33. The van der Waals surface area contributed by atoms with E-state index in [4.69, 9.17) is 5.26 Å². The van der Waals surface area contributed by atoms with E-state index in [0.717, 1.165) is 12.1 Å². The van der Waals surface area contributed by atoms with Gasteiger partial charge < -0.3 is 10.6 Å². The molecule has 3 aromatic rings. The minimum Gasteiger partial charge on any atom is -0.323 e. The molecule has 0 saturated heterocycles. The summed E-state index contributed by atoms with van der Waals surface area (Å²) in [5.41, 5.74) is 1.19. The van der Waals surface area contributed by atoms with Crippen molar-refractivity contribution >= 4 is 23.2 Å². The molecule has 27 heavy (non-hydrogen) atoms. The normalized spacial score (nSPS) is 10.1. The van der Waals surface area contributed by atoms with Gasteiger partial charge in [0.25, 0.3) is 5.91 Å². The summed E-state index contributed by atoms with van der Waals surface area (Å²) >= 11 is 0. The van der Waals surface area contributed by atoms with Crippen molar-refractivity contribution in [2.75, 3.05) is 10.6 Å². The summed E-state index contributed by atoms with van der Waals surface area (Å²) < 4.78 is 26.7. The van der Waals surface area contributed by atoms with E-state index in [1.54, 1.807) is 31.2 Å². The number of rotatable bonds is 4. The third kappa shape index (κ3) is 4.22. The first-order valence-corrected chi connectivity index (χ1v) is 7.84. The molecule has 0 bridgehead atoms. The quantitative estimate of drug-likeness (QED) is 0.731. The summed E-state index contributed by atoms with van der Waals surface area (Å²) in [6, 6.07) is 13.1. The lowest BCUT2D eigenvalue weighted by atomic mass is 10.2. The highest BCUT2D eigenvalue weighted by Gasteiger charge is 2.14. The Balaban J connectivity index is 1.86. The molecule has 0 spiro atoms. The Morgan fingerprint density at radius 3 is 2.59 bits per heavy atom. The summed E-state index contributed by atoms with van der Waals surface area (Å²) in [5, 5.41) is 14.4. The van der Waals surface area contributed by atoms with Crippen LogP contribution in [-0.4, -0.2) is 15.9 Å². The molecule has 0 fully saturated rings. The van der Waals surface area contributed by atoms with Gasteiger partial charge in [-0.1, -0.05) is 12.1 Å². The maximum atomic E-state index is 13.7. The minimum atomic E-state index is -0.893. The molecule has 8 heteroatoms. The smallest absolute Gasteiger partial charge is 0.274 e. The third-order valence-corrected chi connectivity index (χ3v) is 3.56. The number of nitriles is 1. The molecule has 134 valence electrons. The van der Waals surface area contributed by atoms with E-state index in [9.17, 15) is 13.6 Å². The second kappa shape index (κ2) is 7.58. The van der Waals surface area contributed by atoms with Crippen LogP contribution in [0.1, 0.15) is 21.7 Å². The van der Waals surface area contributed by atoms with Gasteiger partial charge >= 0.3 is 0 Å². The number of carbonyl (C=O) groups is 1. The molecule has 6 nitrogen and oxygen atoms in total. The van der Waals surface area contributed by atoms with Crippen molar-refractivity contribution in [1.82, 2.24) is 9.97 Å². The second-order valence-corrected chi connectivity index (χ2v) is 5.58. The predicted molar refractivity (Wildman–Crippen MR) is 95.5 cm³/mol. The van der Waals surface area contributed by atoms with Crippen LogP contribution >= 0.6 is 0 Å². The van der Waals surface area contributed by atoms with Crippen molar-refractivity contribution < 1.29 is 13.6 Å². The van der Waals surface area contributed by atoms with Gasteiger partial charge in [-0.2, -0.15) is 5.26 Å². The molecule has 0 radical (unpaired) electrons. The number of benzene rings is 2. The molecule has 1 amide bonds. The average Bonchev–Trinajstić information content (AvgIpc) is 2.64. The summed E-state index contributed by atoms with van der Waals surface area (Å²) in [6.07, 6.45) is 0. The Morgan fingerprint density at radius 2 is 1.85 bits per heavy atom. The highest BCUT2D eigenvalue weighted by Crippen LogP contribution is 2.19. The van der Waals surface area contributed by atoms with E-state index < -0.39 is 17.5 Å². The highest BCUT2D eigenvalue weighted by atomic mass is 19.1. The number of aromatic nitrogens is 2. The molecule has 2 aromatic carbocycles. The van der Waals surface area contributed by atoms with Crippen LogP contribution in [0.3, 0.4) is 0 Å². The van der Waals surface area contributed by atoms with Crippen LogP contribution in [-0.2, 0) is 0 Å². The standard InChI is InChI=1S/C19H13F2N5O/c1-11-8-17(18(27)24-16-7-6-13(20)9-14(16)21)26-19(23-11)25-15-5-3-2-4-12(15)10-22/h2-9H,1H3,(H,24,27)(H,23,25,26). The third-order valence-electron chi connectivity index (χ3n) is 3.56. The monoisotopic (exact) mass is 365 g/mol. The predicted octanol–water partition coefficient (Wildman–Crippen LogP) is 3.93. The summed E-state index contributed by atoms with van der Waals surface area (Å²) in [6.45, 7) is 1.66. The van der Waals surface area contributed by atoms with Gasteiger partial charge in [-0.3, -0.25) is 4.79 Å². The maximum absolute atomic E-state index is 13.7. The number of hydrogen-bond donors (Lipinski definition) is 2. The van der Waals surface area contributed by atoms with E-state index in [1.807, 2.05) is 6.07 Å². The molecule has 0 aliphatic carbocycles. The summed E-state index contributed by atoms with van der Waals surface area (Å²) in [4.78, 5) is 20.7. The van der Waals surface area contributed by atoms with Gasteiger partial charge in [0.15, 0.2) is 0 Å². The van der Waals surface area contributed by atoms with Gasteiger partial charge in [-0.25, -0.2) is 18.7 Å². The molecule has 2 N–H and O–H groups in total. The van der Waals surface area contributed by atoms with Crippen molar-refractivity contribution in [1.29, 1.82) is 5.26 Å². The Hall–Kier alpha value is -3.86. The topological polar surface area (TPSA) is 90.7 Å². The SMILES string of the molecule is Cc1cc(C(=O)Nc2ccc(F)cc2F)nc(Nc2ccccc2C#N)n1. The van der Waals surface area contributed by atoms with Gasteiger partial charge in [0.2, 0.25) is 5.95 Å². The van der Waals surface area contributed by atoms with Gasteiger partial charge in [-0.05, 0) is 37.3 Å². The zero-order valence-electron chi connectivity index (χ0n) is 14.1. The van der Waals surface area contributed by atoms with Gasteiger partial charge in [0.05, 0.1) is 16.9 Å². The van der Waals surface area contributed by atoms with Crippen LogP contribution < -0.4 is 10.6 Å². The van der Waals surface area contributed by atoms with Crippen molar-refractivity contribution in [3.8, 4) is 6.07 Å². The van der Waals surface area contributed by atoms with Gasteiger partial charge in [0, 0.05) is 11.8 Å². The molecular formula is C19H13F2N5O. The molecule has 0 saturated carbocycles. The fraction of sp³-hybridized carbons (Fsp3) is 0.0526. The lowest BCUT2D eigenvalue weighted by Crippen LogP contribution is -2.16. The van der Waals surface area contributed by atoms with Crippen molar-refractivity contribution in [3.63, 3.8) is 0 Å². The number of para-hydroxylation sites is 1.